The third-order valence-electron chi connectivity index (χ3n) is 5.49. The number of para-hydroxylation sites is 1. The number of nitrogens with zero attached hydrogens (tertiary/aromatic N) is 1. The minimum atomic E-state index is -0.121. The maximum atomic E-state index is 12.9. The van der Waals surface area contributed by atoms with Gasteiger partial charge in [0, 0.05) is 24.8 Å². The molecular weight excluding hydrogens is 338 g/mol. The number of fused-ring (bicyclic) bond motifs is 3. The Balaban J connectivity index is 1.49. The maximum Gasteiger partial charge on any atom is 0.321 e. The number of benzene rings is 2. The van der Waals surface area contributed by atoms with E-state index in [0.29, 0.717) is 13.1 Å². The quantitative estimate of drug-likeness (QED) is 0.878. The predicted molar refractivity (Wildman–Crippen MR) is 106 cm³/mol. The number of nitrogens with one attached hydrogen (secondary N) is 2. The molecule has 5 nitrogen and oxygen atoms in total. The van der Waals surface area contributed by atoms with Crippen LogP contribution in [0.25, 0.3) is 0 Å². The monoisotopic (exact) mass is 363 g/mol. The molecule has 2 aliphatic heterocycles. The molecule has 2 bridgehead atoms. The van der Waals surface area contributed by atoms with Gasteiger partial charge >= 0.3 is 6.03 Å². The van der Waals surface area contributed by atoms with Gasteiger partial charge in [-0.25, -0.2) is 4.79 Å². The summed E-state index contributed by atoms with van der Waals surface area (Å²) in [6.07, 6.45) is 3.61. The van der Waals surface area contributed by atoms with E-state index in [-0.39, 0.29) is 23.9 Å². The van der Waals surface area contributed by atoms with Gasteiger partial charge in [0.15, 0.2) is 0 Å². The zero-order valence-electron chi connectivity index (χ0n) is 15.4. The summed E-state index contributed by atoms with van der Waals surface area (Å²) >= 11 is 0. The van der Waals surface area contributed by atoms with Crippen molar-refractivity contribution in [1.29, 1.82) is 0 Å². The van der Waals surface area contributed by atoms with Gasteiger partial charge in [-0.3, -0.25) is 4.79 Å². The molecule has 2 atom stereocenters. The van der Waals surface area contributed by atoms with Gasteiger partial charge in [0.2, 0.25) is 5.91 Å². The molecule has 0 aliphatic carbocycles. The lowest BCUT2D eigenvalue weighted by molar-refractivity contribution is -0.124. The highest BCUT2D eigenvalue weighted by Gasteiger charge is 2.34. The molecular formula is C22H25N3O2. The minimum absolute atomic E-state index is 0.0651. The first kappa shape index (κ1) is 17.6. The molecule has 0 spiro atoms. The molecule has 2 aromatic rings. The SMILES string of the molecule is O=C1N[C@H]2CCC[C@@H]1CN(C(=O)Nc1ccccc1Cc1ccccc1)C2. The predicted octanol–water partition coefficient (Wildman–Crippen LogP) is 3.41. The number of likely N-dealkylation sites (tertiary alicyclic amines) is 1. The first-order valence-corrected chi connectivity index (χ1v) is 9.67. The largest absolute Gasteiger partial charge is 0.351 e. The number of carbonyl (C=O) groups excluding carboxylic acids is 2. The number of rotatable bonds is 3. The van der Waals surface area contributed by atoms with Crippen molar-refractivity contribution in [3.05, 3.63) is 65.7 Å². The average molecular weight is 363 g/mol. The van der Waals surface area contributed by atoms with Crippen LogP contribution in [0, 0.1) is 5.92 Å². The maximum absolute atomic E-state index is 12.9. The molecule has 0 aromatic heterocycles. The standard InChI is InChI=1S/C22H25N3O2/c26-21-18-10-6-11-19(23-21)15-25(14-18)22(27)24-20-12-5-4-9-17(20)13-16-7-2-1-3-8-16/h1-5,7-9,12,18-19H,6,10-11,13-15H2,(H,23,26)(H,24,27)/t18-,19+/m1/s1. The van der Waals surface area contributed by atoms with Crippen LogP contribution in [0.4, 0.5) is 10.5 Å². The summed E-state index contributed by atoms with van der Waals surface area (Å²) in [7, 11) is 0. The lowest BCUT2D eigenvalue weighted by Gasteiger charge is -2.28. The second-order valence-corrected chi connectivity index (χ2v) is 7.49. The summed E-state index contributed by atoms with van der Waals surface area (Å²) < 4.78 is 0. The molecule has 3 amide bonds. The molecule has 2 heterocycles. The van der Waals surface area contributed by atoms with E-state index in [0.717, 1.165) is 36.9 Å². The fourth-order valence-electron chi connectivity index (χ4n) is 4.02. The molecule has 4 rings (SSSR count). The van der Waals surface area contributed by atoms with E-state index in [1.807, 2.05) is 42.5 Å². The summed E-state index contributed by atoms with van der Waals surface area (Å²) in [5.41, 5.74) is 3.12. The number of hydrogen-bond donors (Lipinski definition) is 2. The number of urea groups is 1. The van der Waals surface area contributed by atoms with Gasteiger partial charge in [-0.2, -0.15) is 0 Å². The van der Waals surface area contributed by atoms with Crippen molar-refractivity contribution in [2.45, 2.75) is 31.7 Å². The van der Waals surface area contributed by atoms with E-state index in [1.54, 1.807) is 4.90 Å². The lowest BCUT2D eigenvalue weighted by Crippen LogP contribution is -2.43. The normalized spacial score (nSPS) is 21.9. The van der Waals surface area contributed by atoms with Crippen LogP contribution in [-0.2, 0) is 11.2 Å². The Bertz CT molecular complexity index is 821. The van der Waals surface area contributed by atoms with Crippen LogP contribution in [0.5, 0.6) is 0 Å². The molecule has 0 radical (unpaired) electrons. The van der Waals surface area contributed by atoms with Gasteiger partial charge in [-0.1, -0.05) is 55.0 Å². The highest BCUT2D eigenvalue weighted by atomic mass is 16.2. The summed E-state index contributed by atoms with van der Waals surface area (Å²) in [5.74, 6) is 0.0000836. The topological polar surface area (TPSA) is 61.4 Å². The van der Waals surface area contributed by atoms with Crippen molar-refractivity contribution in [1.82, 2.24) is 10.2 Å². The Labute approximate surface area is 159 Å². The zero-order valence-corrected chi connectivity index (χ0v) is 15.4. The van der Waals surface area contributed by atoms with E-state index < -0.39 is 0 Å². The fraction of sp³-hybridized carbons (Fsp3) is 0.364. The second kappa shape index (κ2) is 7.82. The smallest absolute Gasteiger partial charge is 0.321 e. The Morgan fingerprint density at radius 2 is 1.81 bits per heavy atom. The highest BCUT2D eigenvalue weighted by Crippen LogP contribution is 2.24. The number of carbonyl (C=O) groups is 2. The van der Waals surface area contributed by atoms with Crippen molar-refractivity contribution in [2.24, 2.45) is 5.92 Å². The van der Waals surface area contributed by atoms with Crippen LogP contribution in [-0.4, -0.2) is 36.0 Å². The van der Waals surface area contributed by atoms with Crippen LogP contribution in [0.15, 0.2) is 54.6 Å². The van der Waals surface area contributed by atoms with E-state index in [9.17, 15) is 9.59 Å². The summed E-state index contributed by atoms with van der Waals surface area (Å²) in [4.78, 5) is 26.9. The van der Waals surface area contributed by atoms with E-state index in [2.05, 4.69) is 22.8 Å². The highest BCUT2D eigenvalue weighted by molar-refractivity contribution is 5.91. The lowest BCUT2D eigenvalue weighted by atomic mass is 9.99. The molecule has 2 aliphatic rings. The van der Waals surface area contributed by atoms with Crippen LogP contribution < -0.4 is 10.6 Å². The third kappa shape index (κ3) is 4.13. The summed E-state index contributed by atoms with van der Waals surface area (Å²) in [5, 5.41) is 6.15. The Morgan fingerprint density at radius 3 is 2.67 bits per heavy atom. The van der Waals surface area contributed by atoms with Gasteiger partial charge in [0.1, 0.15) is 0 Å². The first-order valence-electron chi connectivity index (χ1n) is 9.67. The zero-order chi connectivity index (χ0) is 18.6. The average Bonchev–Trinajstić information content (AvgIpc) is 2.93. The summed E-state index contributed by atoms with van der Waals surface area (Å²) in [6, 6.07) is 18.1. The van der Waals surface area contributed by atoms with Crippen molar-refractivity contribution < 1.29 is 9.59 Å². The van der Waals surface area contributed by atoms with Crippen LogP contribution >= 0.6 is 0 Å². The summed E-state index contributed by atoms with van der Waals surface area (Å²) in [6.45, 7) is 1.07. The molecule has 2 fully saturated rings. The van der Waals surface area contributed by atoms with Gasteiger partial charge in [-0.15, -0.1) is 0 Å². The fourth-order valence-corrected chi connectivity index (χ4v) is 4.02. The second-order valence-electron chi connectivity index (χ2n) is 7.49. The van der Waals surface area contributed by atoms with Gasteiger partial charge < -0.3 is 15.5 Å². The Hall–Kier alpha value is -2.82. The first-order chi connectivity index (χ1) is 13.2. The van der Waals surface area contributed by atoms with Crippen molar-refractivity contribution >= 4 is 17.6 Å². The molecule has 27 heavy (non-hydrogen) atoms. The molecule has 0 saturated carbocycles. The Morgan fingerprint density at radius 1 is 1.04 bits per heavy atom. The third-order valence-corrected chi connectivity index (χ3v) is 5.49. The van der Waals surface area contributed by atoms with Crippen LogP contribution in [0.1, 0.15) is 30.4 Å². The van der Waals surface area contributed by atoms with E-state index in [1.165, 1.54) is 5.56 Å². The molecule has 5 heteroatoms. The number of amides is 3. The number of anilines is 1. The minimum Gasteiger partial charge on any atom is -0.351 e. The van der Waals surface area contributed by atoms with Gasteiger partial charge in [0.25, 0.3) is 0 Å². The van der Waals surface area contributed by atoms with Crippen molar-refractivity contribution in [3.8, 4) is 0 Å². The van der Waals surface area contributed by atoms with Gasteiger partial charge in [0.05, 0.1) is 5.92 Å². The van der Waals surface area contributed by atoms with Crippen molar-refractivity contribution in [3.63, 3.8) is 0 Å². The van der Waals surface area contributed by atoms with Crippen molar-refractivity contribution in [2.75, 3.05) is 18.4 Å². The van der Waals surface area contributed by atoms with Crippen LogP contribution in [0.2, 0.25) is 0 Å². The molecule has 2 saturated heterocycles. The van der Waals surface area contributed by atoms with E-state index >= 15 is 0 Å². The van der Waals surface area contributed by atoms with E-state index in [4.69, 9.17) is 0 Å². The Kier molecular flexibility index (Phi) is 5.10. The molecule has 140 valence electrons. The molecule has 0 unspecified atom stereocenters. The van der Waals surface area contributed by atoms with Crippen LogP contribution in [0.3, 0.4) is 0 Å². The molecule has 2 N–H and O–H groups in total. The van der Waals surface area contributed by atoms with Gasteiger partial charge in [-0.05, 0) is 36.5 Å². The molecule has 2 aromatic carbocycles. The number of hydrogen-bond acceptors (Lipinski definition) is 2.